The van der Waals surface area contributed by atoms with Gasteiger partial charge in [-0.2, -0.15) is 5.10 Å². The van der Waals surface area contributed by atoms with Gasteiger partial charge in [-0.05, 0) is 42.5 Å². The van der Waals surface area contributed by atoms with Crippen LogP contribution in [-0.4, -0.2) is 15.7 Å². The fraction of sp³-hybridized carbons (Fsp3) is 0. The van der Waals surface area contributed by atoms with E-state index in [2.05, 4.69) is 16.9 Å². The zero-order chi connectivity index (χ0) is 18.5. The van der Waals surface area contributed by atoms with Gasteiger partial charge in [-0.15, -0.1) is 0 Å². The third kappa shape index (κ3) is 3.86. The Morgan fingerprint density at radius 2 is 1.30 bits per heavy atom. The first-order valence-electron chi connectivity index (χ1n) is 8.62. The van der Waals surface area contributed by atoms with Crippen molar-refractivity contribution in [3.8, 4) is 23.1 Å². The summed E-state index contributed by atoms with van der Waals surface area (Å²) in [6.45, 7) is 0. The molecule has 128 valence electrons. The first kappa shape index (κ1) is 16.6. The topological polar surface area (TPSA) is 34.9 Å². The van der Waals surface area contributed by atoms with Crippen LogP contribution in [0, 0.1) is 11.8 Å². The zero-order valence-corrected chi connectivity index (χ0v) is 14.5. The van der Waals surface area contributed by atoms with Gasteiger partial charge in [0.2, 0.25) is 0 Å². The maximum absolute atomic E-state index is 12.4. The van der Waals surface area contributed by atoms with Gasteiger partial charge in [-0.1, -0.05) is 60.4 Å². The summed E-state index contributed by atoms with van der Waals surface area (Å²) in [4.78, 5) is 12.4. The summed E-state index contributed by atoms with van der Waals surface area (Å²) in [5.41, 5.74) is 4.22. The van der Waals surface area contributed by atoms with Crippen molar-refractivity contribution < 1.29 is 4.79 Å². The first-order chi connectivity index (χ1) is 13.3. The monoisotopic (exact) mass is 348 g/mol. The summed E-state index contributed by atoms with van der Waals surface area (Å²) >= 11 is 0. The molecule has 0 aliphatic carbocycles. The highest BCUT2D eigenvalue weighted by Crippen LogP contribution is 2.18. The number of carbonyl (C=O) groups is 1. The largest absolute Gasteiger partial charge is 0.278 e. The molecular formula is C24H16N2O. The van der Waals surface area contributed by atoms with Crippen LogP contribution in [0.25, 0.3) is 11.3 Å². The van der Waals surface area contributed by atoms with Crippen LogP contribution in [0.1, 0.15) is 21.5 Å². The lowest BCUT2D eigenvalue weighted by atomic mass is 10.1. The second-order valence-corrected chi connectivity index (χ2v) is 6.01. The molecule has 0 N–H and O–H groups in total. The minimum absolute atomic E-state index is 0.146. The predicted octanol–water partition coefficient (Wildman–Crippen LogP) is 4.64. The SMILES string of the molecule is O=C(c1ccccc1)n1ccc(-c2ccc(C#Cc3ccccc3)cc2)n1. The highest BCUT2D eigenvalue weighted by Gasteiger charge is 2.10. The van der Waals surface area contributed by atoms with Crippen molar-refractivity contribution >= 4 is 5.91 Å². The molecule has 0 saturated heterocycles. The van der Waals surface area contributed by atoms with Crippen molar-refractivity contribution in [1.29, 1.82) is 0 Å². The Kier molecular flexibility index (Phi) is 4.63. The molecule has 0 bridgehead atoms. The summed E-state index contributed by atoms with van der Waals surface area (Å²) in [7, 11) is 0. The summed E-state index contributed by atoms with van der Waals surface area (Å²) in [5, 5.41) is 4.41. The van der Waals surface area contributed by atoms with Gasteiger partial charge >= 0.3 is 0 Å². The van der Waals surface area contributed by atoms with Crippen LogP contribution in [0.5, 0.6) is 0 Å². The van der Waals surface area contributed by atoms with Crippen LogP contribution in [0.3, 0.4) is 0 Å². The molecule has 0 radical (unpaired) electrons. The van der Waals surface area contributed by atoms with E-state index >= 15 is 0 Å². The fourth-order valence-corrected chi connectivity index (χ4v) is 2.69. The standard InChI is InChI=1S/C24H16N2O/c27-24(22-9-5-2-6-10-22)26-18-17-23(25-26)21-15-13-20(14-16-21)12-11-19-7-3-1-4-8-19/h1-10,13-18H. The molecule has 0 fully saturated rings. The lowest BCUT2D eigenvalue weighted by molar-refractivity contribution is 0.0945. The van der Waals surface area contributed by atoms with Gasteiger partial charge in [0.1, 0.15) is 0 Å². The summed E-state index contributed by atoms with van der Waals surface area (Å²) < 4.78 is 1.37. The number of hydrogen-bond donors (Lipinski definition) is 0. The minimum Gasteiger partial charge on any atom is -0.267 e. The van der Waals surface area contributed by atoms with E-state index in [9.17, 15) is 4.79 Å². The molecule has 1 heterocycles. The second kappa shape index (κ2) is 7.55. The van der Waals surface area contributed by atoms with E-state index in [-0.39, 0.29) is 5.91 Å². The van der Waals surface area contributed by atoms with E-state index < -0.39 is 0 Å². The molecule has 1 aromatic heterocycles. The van der Waals surface area contributed by atoms with Crippen molar-refractivity contribution in [3.63, 3.8) is 0 Å². The predicted molar refractivity (Wildman–Crippen MR) is 106 cm³/mol. The highest BCUT2D eigenvalue weighted by atomic mass is 16.2. The third-order valence-corrected chi connectivity index (χ3v) is 4.12. The zero-order valence-electron chi connectivity index (χ0n) is 14.5. The van der Waals surface area contributed by atoms with Gasteiger partial charge < -0.3 is 0 Å². The van der Waals surface area contributed by atoms with Crippen LogP contribution in [-0.2, 0) is 0 Å². The van der Waals surface area contributed by atoms with Crippen LogP contribution < -0.4 is 0 Å². The Bertz CT molecular complexity index is 1120. The lowest BCUT2D eigenvalue weighted by Crippen LogP contribution is -2.12. The normalized spacial score (nSPS) is 10.1. The molecule has 3 nitrogen and oxygen atoms in total. The molecule has 0 aliphatic rings. The van der Waals surface area contributed by atoms with Crippen LogP contribution in [0.15, 0.2) is 97.2 Å². The van der Waals surface area contributed by atoms with Crippen LogP contribution in [0.4, 0.5) is 0 Å². The maximum Gasteiger partial charge on any atom is 0.278 e. The molecule has 0 atom stereocenters. The molecule has 4 aromatic rings. The summed E-state index contributed by atoms with van der Waals surface area (Å²) in [6, 6.07) is 28.7. The molecule has 0 aliphatic heterocycles. The van der Waals surface area contributed by atoms with Gasteiger partial charge in [0.05, 0.1) is 5.69 Å². The molecule has 4 rings (SSSR count). The van der Waals surface area contributed by atoms with Gasteiger partial charge in [0, 0.05) is 28.5 Å². The molecular weight excluding hydrogens is 332 g/mol. The number of benzene rings is 3. The Morgan fingerprint density at radius 3 is 1.96 bits per heavy atom. The number of carbonyl (C=O) groups excluding carboxylic acids is 1. The van der Waals surface area contributed by atoms with Gasteiger partial charge in [-0.25, -0.2) is 4.68 Å². The molecule has 0 amide bonds. The average Bonchev–Trinajstić information content (AvgIpc) is 3.24. The summed E-state index contributed by atoms with van der Waals surface area (Å²) in [5.74, 6) is 6.15. The molecule has 0 saturated carbocycles. The Hall–Kier alpha value is -3.90. The fourth-order valence-electron chi connectivity index (χ4n) is 2.69. The minimum atomic E-state index is -0.146. The van der Waals surface area contributed by atoms with Crippen LogP contribution in [0.2, 0.25) is 0 Å². The van der Waals surface area contributed by atoms with Crippen molar-refractivity contribution in [2.24, 2.45) is 0 Å². The van der Waals surface area contributed by atoms with Crippen molar-refractivity contribution in [2.75, 3.05) is 0 Å². The van der Waals surface area contributed by atoms with Crippen molar-refractivity contribution in [3.05, 3.63) is 114 Å². The lowest BCUT2D eigenvalue weighted by Gasteiger charge is -2.00. The van der Waals surface area contributed by atoms with E-state index in [0.29, 0.717) is 5.56 Å². The van der Waals surface area contributed by atoms with Crippen LogP contribution >= 0.6 is 0 Å². The number of hydrogen-bond acceptors (Lipinski definition) is 2. The van der Waals surface area contributed by atoms with E-state index in [4.69, 9.17) is 0 Å². The number of rotatable bonds is 2. The summed E-state index contributed by atoms with van der Waals surface area (Å²) in [6.07, 6.45) is 1.69. The van der Waals surface area contributed by atoms with E-state index in [1.165, 1.54) is 4.68 Å². The quantitative estimate of drug-likeness (QED) is 0.495. The van der Waals surface area contributed by atoms with E-state index in [1.807, 2.05) is 78.9 Å². The van der Waals surface area contributed by atoms with Gasteiger partial charge in [0.15, 0.2) is 0 Å². The maximum atomic E-state index is 12.4. The van der Waals surface area contributed by atoms with Gasteiger partial charge in [-0.3, -0.25) is 4.79 Å². The van der Waals surface area contributed by atoms with Crippen molar-refractivity contribution in [2.45, 2.75) is 0 Å². The van der Waals surface area contributed by atoms with Crippen molar-refractivity contribution in [1.82, 2.24) is 9.78 Å². The Balaban J connectivity index is 1.53. The molecule has 0 unspecified atom stereocenters. The molecule has 3 aromatic carbocycles. The second-order valence-electron chi connectivity index (χ2n) is 6.01. The van der Waals surface area contributed by atoms with Gasteiger partial charge in [0.25, 0.3) is 5.91 Å². The number of nitrogens with zero attached hydrogens (tertiary/aromatic N) is 2. The van der Waals surface area contributed by atoms with E-state index in [0.717, 1.165) is 22.4 Å². The Labute approximate surface area is 157 Å². The Morgan fingerprint density at radius 1 is 0.704 bits per heavy atom. The molecule has 27 heavy (non-hydrogen) atoms. The molecule has 3 heteroatoms. The molecule has 0 spiro atoms. The average molecular weight is 348 g/mol. The first-order valence-corrected chi connectivity index (χ1v) is 8.62. The number of aromatic nitrogens is 2. The smallest absolute Gasteiger partial charge is 0.267 e. The van der Waals surface area contributed by atoms with E-state index in [1.54, 1.807) is 18.3 Å². The highest BCUT2D eigenvalue weighted by molar-refractivity contribution is 5.95. The third-order valence-electron chi connectivity index (χ3n) is 4.12.